The zero-order chi connectivity index (χ0) is 25.6. The van der Waals surface area contributed by atoms with Gasteiger partial charge in [0.05, 0.1) is 29.8 Å². The van der Waals surface area contributed by atoms with E-state index in [1.165, 1.54) is 5.56 Å². The highest BCUT2D eigenvalue weighted by molar-refractivity contribution is 5.94. The zero-order valence-corrected chi connectivity index (χ0v) is 21.6. The molecule has 35 heavy (non-hydrogen) atoms. The molecule has 1 N–H and O–H groups in total. The lowest BCUT2D eigenvalue weighted by atomic mass is 9.93. The van der Waals surface area contributed by atoms with Crippen LogP contribution in [0.3, 0.4) is 0 Å². The molecular formula is C30H36N4O. The first-order valence-corrected chi connectivity index (χ1v) is 12.2. The first-order valence-electron chi connectivity index (χ1n) is 12.2. The van der Waals surface area contributed by atoms with E-state index >= 15 is 0 Å². The summed E-state index contributed by atoms with van der Waals surface area (Å²) in [5.41, 5.74) is 5.98. The van der Waals surface area contributed by atoms with Gasteiger partial charge in [-0.2, -0.15) is 0 Å². The lowest BCUT2D eigenvalue weighted by Gasteiger charge is -2.32. The number of nitrogens with zero attached hydrogens (tertiary/aromatic N) is 3. The van der Waals surface area contributed by atoms with Crippen molar-refractivity contribution in [2.75, 3.05) is 11.9 Å². The topological polar surface area (TPSA) is 58.1 Å². The molecule has 1 unspecified atom stereocenters. The molecular weight excluding hydrogens is 432 g/mol. The highest BCUT2D eigenvalue weighted by Gasteiger charge is 2.21. The van der Waals surface area contributed by atoms with Crippen LogP contribution in [0.2, 0.25) is 0 Å². The number of pyridine rings is 2. The Balaban J connectivity index is 0.00000103. The van der Waals surface area contributed by atoms with E-state index in [9.17, 15) is 4.79 Å². The average Bonchev–Trinajstić information content (AvgIpc) is 2.96. The Hall–Kier alpha value is -3.99. The first kappa shape index (κ1) is 27.3. The Labute approximate surface area is 209 Å². The second-order valence-electron chi connectivity index (χ2n) is 7.21. The largest absolute Gasteiger partial charge is 0.355 e. The van der Waals surface area contributed by atoms with Crippen molar-refractivity contribution >= 4 is 17.3 Å². The average molecular weight is 469 g/mol. The molecule has 4 aromatic rings. The van der Waals surface area contributed by atoms with Gasteiger partial charge in [0, 0.05) is 25.0 Å². The Bertz CT molecular complexity index is 1110. The number of nitrogens with one attached hydrogen (secondary N) is 1. The maximum absolute atomic E-state index is 11.9. The van der Waals surface area contributed by atoms with E-state index in [4.69, 9.17) is 0 Å². The number of amides is 1. The number of carbonyl (C=O) groups is 1. The van der Waals surface area contributed by atoms with Crippen LogP contribution in [0.1, 0.15) is 56.6 Å². The minimum atomic E-state index is -0.0902. The maximum Gasteiger partial charge on any atom is 0.251 e. The molecule has 5 heteroatoms. The van der Waals surface area contributed by atoms with E-state index < -0.39 is 0 Å². The number of rotatable bonds is 6. The van der Waals surface area contributed by atoms with Crippen molar-refractivity contribution < 1.29 is 4.79 Å². The lowest BCUT2D eigenvalue weighted by Crippen LogP contribution is -2.22. The van der Waals surface area contributed by atoms with Crippen LogP contribution < -0.4 is 10.2 Å². The fourth-order valence-corrected chi connectivity index (χ4v) is 3.80. The summed E-state index contributed by atoms with van der Waals surface area (Å²) in [6.45, 7) is 10.2. The summed E-state index contributed by atoms with van der Waals surface area (Å²) in [5, 5.41) is 2.66. The molecule has 1 amide bonds. The molecule has 0 aliphatic rings. The standard InChI is InChI=1S/C26H24N4O.2C2H6/c1-19(30(22-7-5-15-28-17-22)23-8-6-16-29-18-23)24-9-3-4-10-25(24)20-11-13-21(14-12-20)26(31)27-2;2*1-2/h3-19H,1-2H3,(H,27,31);2*1-2H3. The third-order valence-corrected chi connectivity index (χ3v) is 5.33. The molecule has 0 bridgehead atoms. The lowest BCUT2D eigenvalue weighted by molar-refractivity contribution is 0.0963. The molecule has 0 saturated carbocycles. The van der Waals surface area contributed by atoms with Crippen molar-refractivity contribution in [1.29, 1.82) is 0 Å². The summed E-state index contributed by atoms with van der Waals surface area (Å²) in [5.74, 6) is -0.0902. The molecule has 2 aromatic carbocycles. The second kappa shape index (κ2) is 14.3. The van der Waals surface area contributed by atoms with Crippen molar-refractivity contribution in [2.24, 2.45) is 0 Å². The van der Waals surface area contributed by atoms with Gasteiger partial charge >= 0.3 is 0 Å². The Kier molecular flexibility index (Phi) is 11.1. The third-order valence-electron chi connectivity index (χ3n) is 5.33. The smallest absolute Gasteiger partial charge is 0.251 e. The summed E-state index contributed by atoms with van der Waals surface area (Å²) < 4.78 is 0. The quantitative estimate of drug-likeness (QED) is 0.319. The molecule has 0 fully saturated rings. The summed E-state index contributed by atoms with van der Waals surface area (Å²) >= 11 is 0. The minimum absolute atomic E-state index is 0.0169. The van der Waals surface area contributed by atoms with Crippen molar-refractivity contribution in [3.63, 3.8) is 0 Å². The van der Waals surface area contributed by atoms with Gasteiger partial charge in [0.2, 0.25) is 0 Å². The molecule has 4 rings (SSSR count). The van der Waals surface area contributed by atoms with E-state index in [1.807, 2.05) is 82.6 Å². The van der Waals surface area contributed by atoms with E-state index in [0.29, 0.717) is 5.56 Å². The summed E-state index contributed by atoms with van der Waals surface area (Å²) in [7, 11) is 1.64. The van der Waals surface area contributed by atoms with Gasteiger partial charge in [-0.15, -0.1) is 0 Å². The third kappa shape index (κ3) is 6.76. The van der Waals surface area contributed by atoms with Gasteiger partial charge in [0.1, 0.15) is 0 Å². The molecule has 0 saturated heterocycles. The number of hydrogen-bond acceptors (Lipinski definition) is 4. The second-order valence-corrected chi connectivity index (χ2v) is 7.21. The first-order chi connectivity index (χ1) is 17.2. The van der Waals surface area contributed by atoms with Crippen molar-refractivity contribution in [1.82, 2.24) is 15.3 Å². The normalized spacial score (nSPS) is 10.6. The van der Waals surface area contributed by atoms with Crippen LogP contribution in [0.5, 0.6) is 0 Å². The Morgan fingerprint density at radius 3 is 1.80 bits per heavy atom. The summed E-state index contributed by atoms with van der Waals surface area (Å²) in [6.07, 6.45) is 7.28. The van der Waals surface area contributed by atoms with Crippen molar-refractivity contribution in [3.8, 4) is 11.1 Å². The van der Waals surface area contributed by atoms with Crippen molar-refractivity contribution in [2.45, 2.75) is 40.7 Å². The minimum Gasteiger partial charge on any atom is -0.355 e. The highest BCUT2D eigenvalue weighted by Crippen LogP contribution is 2.38. The molecule has 2 heterocycles. The van der Waals surface area contributed by atoms with E-state index in [2.05, 4.69) is 57.4 Å². The molecule has 0 aliphatic carbocycles. The zero-order valence-electron chi connectivity index (χ0n) is 21.6. The van der Waals surface area contributed by atoms with Crippen LogP contribution in [0.4, 0.5) is 11.4 Å². The van der Waals surface area contributed by atoms with E-state index in [1.54, 1.807) is 19.4 Å². The van der Waals surface area contributed by atoms with E-state index in [0.717, 1.165) is 22.5 Å². The summed E-state index contributed by atoms with van der Waals surface area (Å²) in [6, 6.07) is 24.1. The number of aromatic nitrogens is 2. The highest BCUT2D eigenvalue weighted by atomic mass is 16.1. The molecule has 2 aromatic heterocycles. The predicted octanol–water partition coefficient (Wildman–Crippen LogP) is 7.45. The van der Waals surface area contributed by atoms with Gasteiger partial charge in [-0.1, -0.05) is 64.1 Å². The monoisotopic (exact) mass is 468 g/mol. The fourth-order valence-electron chi connectivity index (χ4n) is 3.80. The van der Waals surface area contributed by atoms with Gasteiger partial charge < -0.3 is 10.2 Å². The number of benzene rings is 2. The number of hydrogen-bond donors (Lipinski definition) is 1. The van der Waals surface area contributed by atoms with Crippen LogP contribution >= 0.6 is 0 Å². The van der Waals surface area contributed by atoms with Gasteiger partial charge in [0.15, 0.2) is 0 Å². The Morgan fingerprint density at radius 2 is 1.31 bits per heavy atom. The molecule has 0 radical (unpaired) electrons. The predicted molar refractivity (Wildman–Crippen MR) is 147 cm³/mol. The SMILES string of the molecule is CC.CC.CNC(=O)c1ccc(-c2ccccc2C(C)N(c2cccnc2)c2cccnc2)cc1. The molecule has 0 spiro atoms. The van der Waals surface area contributed by atoms with Gasteiger partial charge in [-0.3, -0.25) is 14.8 Å². The number of carbonyl (C=O) groups excluding carboxylic acids is 1. The van der Waals surface area contributed by atoms with E-state index in [-0.39, 0.29) is 11.9 Å². The van der Waals surface area contributed by atoms with Crippen LogP contribution in [0.15, 0.2) is 97.6 Å². The summed E-state index contributed by atoms with van der Waals surface area (Å²) in [4.78, 5) is 22.8. The van der Waals surface area contributed by atoms with Gasteiger partial charge in [-0.25, -0.2) is 0 Å². The fraction of sp³-hybridized carbons (Fsp3) is 0.233. The number of anilines is 2. The van der Waals surface area contributed by atoms with Gasteiger partial charge in [-0.05, 0) is 60.0 Å². The van der Waals surface area contributed by atoms with Crippen LogP contribution in [0.25, 0.3) is 11.1 Å². The maximum atomic E-state index is 11.9. The molecule has 1 atom stereocenters. The van der Waals surface area contributed by atoms with Crippen LogP contribution in [-0.4, -0.2) is 22.9 Å². The Morgan fingerprint density at radius 1 is 0.771 bits per heavy atom. The molecule has 5 nitrogen and oxygen atoms in total. The van der Waals surface area contributed by atoms with Crippen LogP contribution in [0, 0.1) is 0 Å². The van der Waals surface area contributed by atoms with Crippen LogP contribution in [-0.2, 0) is 0 Å². The molecule has 0 aliphatic heterocycles. The van der Waals surface area contributed by atoms with Gasteiger partial charge in [0.25, 0.3) is 5.91 Å². The van der Waals surface area contributed by atoms with Crippen molar-refractivity contribution in [3.05, 3.63) is 109 Å². The molecule has 182 valence electrons.